The predicted octanol–water partition coefficient (Wildman–Crippen LogP) is 2.76. The van der Waals surface area contributed by atoms with Crippen LogP contribution in [0.1, 0.15) is 15.9 Å². The van der Waals surface area contributed by atoms with Crippen molar-refractivity contribution in [1.82, 2.24) is 0 Å². The van der Waals surface area contributed by atoms with E-state index in [1.165, 1.54) is 0 Å². The molecule has 0 unspecified atom stereocenters. The Hall–Kier alpha value is -2.27. The van der Waals surface area contributed by atoms with E-state index in [4.69, 9.17) is 9.84 Å². The molecular weight excluding hydrogens is 278 g/mol. The zero-order chi connectivity index (χ0) is 15.2. The molecule has 110 valence electrons. The first-order valence-electron chi connectivity index (χ1n) is 6.41. The summed E-state index contributed by atoms with van der Waals surface area (Å²) >= 11 is 0. The van der Waals surface area contributed by atoms with Gasteiger partial charge in [0.2, 0.25) is 5.78 Å². The molecule has 0 aromatic heterocycles. The third-order valence-electron chi connectivity index (χ3n) is 2.92. The second kappa shape index (κ2) is 6.95. The zero-order valence-electron chi connectivity index (χ0n) is 11.2. The number of rotatable bonds is 6. The van der Waals surface area contributed by atoms with Gasteiger partial charge in [-0.2, -0.15) is 0 Å². The smallest absolute Gasteiger partial charge is 0.203 e. The second-order valence-corrected chi connectivity index (χ2v) is 4.45. The van der Waals surface area contributed by atoms with Crippen molar-refractivity contribution in [1.29, 1.82) is 0 Å². The number of carbonyl (C=O) groups excluding carboxylic acids is 1. The fourth-order valence-corrected chi connectivity index (χ4v) is 1.82. The van der Waals surface area contributed by atoms with Crippen molar-refractivity contribution in [3.05, 3.63) is 65.2 Å². The van der Waals surface area contributed by atoms with Crippen LogP contribution in [-0.2, 0) is 6.42 Å². The number of carbonyl (C=O) groups is 1. The maximum Gasteiger partial charge on any atom is 0.203 e. The molecule has 0 aliphatic rings. The molecule has 0 aliphatic carbocycles. The Labute approximate surface area is 120 Å². The molecule has 0 bridgehead atoms. The van der Waals surface area contributed by atoms with Crippen molar-refractivity contribution in [3.8, 4) is 5.75 Å². The largest absolute Gasteiger partial charge is 0.485 e. The van der Waals surface area contributed by atoms with Gasteiger partial charge < -0.3 is 9.84 Å². The minimum atomic E-state index is -0.775. The Morgan fingerprint density at radius 3 is 2.48 bits per heavy atom. The molecule has 2 aromatic rings. The highest BCUT2D eigenvalue weighted by molar-refractivity contribution is 5.97. The lowest BCUT2D eigenvalue weighted by atomic mass is 10.1. The minimum Gasteiger partial charge on any atom is -0.485 e. The molecule has 0 amide bonds. The molecule has 0 radical (unpaired) electrons. The quantitative estimate of drug-likeness (QED) is 0.833. The van der Waals surface area contributed by atoms with Gasteiger partial charge >= 0.3 is 0 Å². The summed E-state index contributed by atoms with van der Waals surface area (Å²) in [5.74, 6) is -1.63. The lowest BCUT2D eigenvalue weighted by Gasteiger charge is -2.07. The maximum atomic E-state index is 13.4. The number of ether oxygens (including phenoxy) is 1. The minimum absolute atomic E-state index is 0.0531. The van der Waals surface area contributed by atoms with Crippen molar-refractivity contribution in [3.63, 3.8) is 0 Å². The van der Waals surface area contributed by atoms with Gasteiger partial charge in [-0.05, 0) is 42.3 Å². The summed E-state index contributed by atoms with van der Waals surface area (Å²) in [5.41, 5.74) is 0.610. The van der Waals surface area contributed by atoms with Crippen molar-refractivity contribution in [2.75, 3.05) is 13.2 Å². The summed E-state index contributed by atoms with van der Waals surface area (Å²) in [4.78, 5) is 11.8. The summed E-state index contributed by atoms with van der Waals surface area (Å²) in [7, 11) is 0. The number of benzene rings is 2. The number of ketones is 1. The second-order valence-electron chi connectivity index (χ2n) is 4.45. The molecule has 21 heavy (non-hydrogen) atoms. The van der Waals surface area contributed by atoms with Gasteiger partial charge in [0.05, 0.1) is 5.56 Å². The van der Waals surface area contributed by atoms with Crippen LogP contribution in [0.4, 0.5) is 8.78 Å². The fourth-order valence-electron chi connectivity index (χ4n) is 1.82. The van der Waals surface area contributed by atoms with Crippen LogP contribution in [0.3, 0.4) is 0 Å². The van der Waals surface area contributed by atoms with Crippen molar-refractivity contribution < 1.29 is 23.4 Å². The first-order valence-corrected chi connectivity index (χ1v) is 6.41. The van der Waals surface area contributed by atoms with E-state index < -0.39 is 17.4 Å². The molecule has 0 aliphatic heterocycles. The number of hydrogen-bond acceptors (Lipinski definition) is 3. The van der Waals surface area contributed by atoms with Gasteiger partial charge in [-0.15, -0.1) is 0 Å². The maximum absolute atomic E-state index is 13.4. The van der Waals surface area contributed by atoms with E-state index in [0.29, 0.717) is 12.2 Å². The average molecular weight is 292 g/mol. The van der Waals surface area contributed by atoms with Crippen molar-refractivity contribution >= 4 is 5.78 Å². The normalized spacial score (nSPS) is 10.4. The van der Waals surface area contributed by atoms with Crippen LogP contribution in [-0.4, -0.2) is 24.1 Å². The number of hydrogen-bond donors (Lipinski definition) is 1. The van der Waals surface area contributed by atoms with Crippen molar-refractivity contribution in [2.24, 2.45) is 0 Å². The van der Waals surface area contributed by atoms with Crippen LogP contribution in [0.25, 0.3) is 0 Å². The molecule has 0 heterocycles. The monoisotopic (exact) mass is 292 g/mol. The third-order valence-corrected chi connectivity index (χ3v) is 2.92. The van der Waals surface area contributed by atoms with E-state index in [-0.39, 0.29) is 18.8 Å². The molecule has 0 saturated carbocycles. The molecule has 0 fully saturated rings. The summed E-state index contributed by atoms with van der Waals surface area (Å²) in [6.45, 7) is -0.322. The summed E-state index contributed by atoms with van der Waals surface area (Å²) in [5, 5.41) is 8.80. The van der Waals surface area contributed by atoms with E-state index in [0.717, 1.165) is 23.8 Å². The molecule has 0 saturated heterocycles. The predicted molar refractivity (Wildman–Crippen MR) is 73.4 cm³/mol. The summed E-state index contributed by atoms with van der Waals surface area (Å²) in [6, 6.07) is 9.54. The Balaban J connectivity index is 1.99. The number of aliphatic hydroxyl groups is 1. The molecule has 0 atom stereocenters. The Morgan fingerprint density at radius 2 is 1.81 bits per heavy atom. The average Bonchev–Trinajstić information content (AvgIpc) is 2.49. The molecule has 0 spiro atoms. The summed E-state index contributed by atoms with van der Waals surface area (Å²) in [6.07, 6.45) is 0.535. The van der Waals surface area contributed by atoms with E-state index in [1.54, 1.807) is 24.3 Å². The number of halogens is 2. The van der Waals surface area contributed by atoms with Gasteiger partial charge in [0.15, 0.2) is 6.61 Å². The highest BCUT2D eigenvalue weighted by Crippen LogP contribution is 2.15. The Kier molecular flexibility index (Phi) is 5.00. The molecule has 3 nitrogen and oxygen atoms in total. The van der Waals surface area contributed by atoms with Crippen LogP contribution in [0.15, 0.2) is 42.5 Å². The first kappa shape index (κ1) is 15.1. The lowest BCUT2D eigenvalue weighted by molar-refractivity contribution is 0.0917. The van der Waals surface area contributed by atoms with E-state index in [9.17, 15) is 13.6 Å². The van der Waals surface area contributed by atoms with Crippen LogP contribution in [0, 0.1) is 11.6 Å². The van der Waals surface area contributed by atoms with E-state index in [1.807, 2.05) is 0 Å². The number of aliphatic hydroxyl groups excluding tert-OH is 1. The van der Waals surface area contributed by atoms with Crippen LogP contribution >= 0.6 is 0 Å². The lowest BCUT2D eigenvalue weighted by Crippen LogP contribution is -2.13. The molecule has 5 heteroatoms. The molecule has 2 aromatic carbocycles. The van der Waals surface area contributed by atoms with Gasteiger partial charge in [0, 0.05) is 6.61 Å². The fraction of sp³-hybridized carbons (Fsp3) is 0.188. The van der Waals surface area contributed by atoms with E-state index >= 15 is 0 Å². The van der Waals surface area contributed by atoms with Gasteiger partial charge in [-0.3, -0.25) is 4.79 Å². The van der Waals surface area contributed by atoms with Crippen LogP contribution in [0.5, 0.6) is 5.75 Å². The van der Waals surface area contributed by atoms with Gasteiger partial charge in [0.1, 0.15) is 17.4 Å². The molecule has 1 N–H and O–H groups in total. The SMILES string of the molecule is O=C(COc1ccc(CCO)cc1)c1cc(F)ccc1F. The summed E-state index contributed by atoms with van der Waals surface area (Å²) < 4.78 is 31.7. The van der Waals surface area contributed by atoms with E-state index in [2.05, 4.69) is 0 Å². The van der Waals surface area contributed by atoms with Crippen LogP contribution in [0.2, 0.25) is 0 Å². The number of Topliss-reactive ketones (excluding diaryl/α,β-unsaturated/α-hetero) is 1. The standard InChI is InChI=1S/C16H14F2O3/c17-12-3-6-15(18)14(9-12)16(20)10-21-13-4-1-11(2-5-13)7-8-19/h1-6,9,19H,7-8,10H2. The zero-order valence-corrected chi connectivity index (χ0v) is 11.2. The molecular formula is C16H14F2O3. The Bertz CT molecular complexity index is 624. The van der Waals surface area contributed by atoms with Crippen molar-refractivity contribution in [2.45, 2.75) is 6.42 Å². The van der Waals surface area contributed by atoms with Gasteiger partial charge in [-0.1, -0.05) is 12.1 Å². The van der Waals surface area contributed by atoms with Gasteiger partial charge in [0.25, 0.3) is 0 Å². The van der Waals surface area contributed by atoms with Crippen LogP contribution < -0.4 is 4.74 Å². The van der Waals surface area contributed by atoms with Gasteiger partial charge in [-0.25, -0.2) is 8.78 Å². The third kappa shape index (κ3) is 4.10. The molecule has 2 rings (SSSR count). The highest BCUT2D eigenvalue weighted by atomic mass is 19.1. The topological polar surface area (TPSA) is 46.5 Å². The highest BCUT2D eigenvalue weighted by Gasteiger charge is 2.13. The Morgan fingerprint density at radius 1 is 1.10 bits per heavy atom. The first-order chi connectivity index (χ1) is 10.1.